The van der Waals surface area contributed by atoms with Crippen molar-refractivity contribution in [1.29, 1.82) is 0 Å². The predicted molar refractivity (Wildman–Crippen MR) is 86.6 cm³/mol. The number of nitrogens with zero attached hydrogens (tertiary/aromatic N) is 2. The zero-order chi connectivity index (χ0) is 16.1. The molecule has 0 fully saturated rings. The van der Waals surface area contributed by atoms with E-state index in [1.54, 1.807) is 14.2 Å². The fourth-order valence-electron chi connectivity index (χ4n) is 2.14. The standard InChI is InChI=1S/C17H17N3O3/c1-21-13-9-7-12(8-10-13)18-11-16-19-20-17(23-16)14-5-3-4-6-15(14)22-2/h3-10,18H,11H2,1-2H3. The molecule has 0 aliphatic carbocycles. The minimum absolute atomic E-state index is 0.439. The van der Waals surface area contributed by atoms with E-state index in [-0.39, 0.29) is 0 Å². The van der Waals surface area contributed by atoms with E-state index < -0.39 is 0 Å². The summed E-state index contributed by atoms with van der Waals surface area (Å²) in [5, 5.41) is 11.4. The highest BCUT2D eigenvalue weighted by molar-refractivity contribution is 5.62. The van der Waals surface area contributed by atoms with E-state index in [9.17, 15) is 0 Å². The van der Waals surface area contributed by atoms with Gasteiger partial charge >= 0.3 is 0 Å². The smallest absolute Gasteiger partial charge is 0.251 e. The second-order valence-electron chi connectivity index (χ2n) is 4.78. The first-order valence-corrected chi connectivity index (χ1v) is 7.14. The van der Waals surface area contributed by atoms with Crippen molar-refractivity contribution in [3.8, 4) is 23.0 Å². The Bertz CT molecular complexity index is 769. The van der Waals surface area contributed by atoms with Gasteiger partial charge in [-0.15, -0.1) is 10.2 Å². The number of aromatic nitrogens is 2. The number of benzene rings is 2. The van der Waals surface area contributed by atoms with Gasteiger partial charge in [0.2, 0.25) is 5.89 Å². The molecule has 0 amide bonds. The summed E-state index contributed by atoms with van der Waals surface area (Å²) in [6, 6.07) is 15.2. The number of anilines is 1. The number of ether oxygens (including phenoxy) is 2. The number of para-hydroxylation sites is 1. The Morgan fingerprint density at radius 2 is 1.74 bits per heavy atom. The maximum Gasteiger partial charge on any atom is 0.251 e. The molecule has 3 aromatic rings. The van der Waals surface area contributed by atoms with Gasteiger partial charge in [-0.1, -0.05) is 12.1 Å². The first-order valence-electron chi connectivity index (χ1n) is 7.14. The second-order valence-corrected chi connectivity index (χ2v) is 4.78. The normalized spacial score (nSPS) is 10.3. The van der Waals surface area contributed by atoms with Gasteiger partial charge in [0.15, 0.2) is 0 Å². The Hall–Kier alpha value is -3.02. The molecule has 0 atom stereocenters. The van der Waals surface area contributed by atoms with Gasteiger partial charge in [-0.05, 0) is 36.4 Å². The molecule has 0 aliphatic heterocycles. The van der Waals surface area contributed by atoms with E-state index in [0.29, 0.717) is 24.1 Å². The highest BCUT2D eigenvalue weighted by Crippen LogP contribution is 2.28. The molecule has 1 heterocycles. The van der Waals surface area contributed by atoms with Crippen LogP contribution >= 0.6 is 0 Å². The average Bonchev–Trinajstić information content (AvgIpc) is 3.09. The molecule has 0 radical (unpaired) electrons. The van der Waals surface area contributed by atoms with Gasteiger partial charge in [0, 0.05) is 5.69 Å². The van der Waals surface area contributed by atoms with Crippen LogP contribution in [-0.2, 0) is 6.54 Å². The minimum atomic E-state index is 0.439. The minimum Gasteiger partial charge on any atom is -0.497 e. The van der Waals surface area contributed by atoms with Gasteiger partial charge in [0.05, 0.1) is 26.3 Å². The van der Waals surface area contributed by atoms with Crippen LogP contribution in [0.5, 0.6) is 11.5 Å². The zero-order valence-electron chi connectivity index (χ0n) is 12.9. The highest BCUT2D eigenvalue weighted by atomic mass is 16.5. The maximum absolute atomic E-state index is 5.69. The summed E-state index contributed by atoms with van der Waals surface area (Å²) in [6.07, 6.45) is 0. The Kier molecular flexibility index (Phi) is 4.42. The fourth-order valence-corrected chi connectivity index (χ4v) is 2.14. The summed E-state index contributed by atoms with van der Waals surface area (Å²) in [5.74, 6) is 2.45. The summed E-state index contributed by atoms with van der Waals surface area (Å²) in [4.78, 5) is 0. The van der Waals surface area contributed by atoms with E-state index in [1.807, 2.05) is 48.5 Å². The van der Waals surface area contributed by atoms with E-state index in [4.69, 9.17) is 13.9 Å². The molecule has 1 N–H and O–H groups in total. The Labute approximate surface area is 134 Å². The van der Waals surface area contributed by atoms with Crippen LogP contribution < -0.4 is 14.8 Å². The van der Waals surface area contributed by atoms with Crippen molar-refractivity contribution in [2.24, 2.45) is 0 Å². The van der Waals surface area contributed by atoms with Crippen LogP contribution in [0.1, 0.15) is 5.89 Å². The van der Waals surface area contributed by atoms with Crippen molar-refractivity contribution in [2.75, 3.05) is 19.5 Å². The Morgan fingerprint density at radius 3 is 2.48 bits per heavy atom. The quantitative estimate of drug-likeness (QED) is 0.752. The summed E-state index contributed by atoms with van der Waals surface area (Å²) >= 11 is 0. The zero-order valence-corrected chi connectivity index (χ0v) is 12.9. The first-order chi connectivity index (χ1) is 11.3. The number of rotatable bonds is 6. The van der Waals surface area contributed by atoms with Gasteiger partial charge < -0.3 is 19.2 Å². The molecule has 0 bridgehead atoms. The third-order valence-electron chi connectivity index (χ3n) is 3.34. The molecule has 0 spiro atoms. The van der Waals surface area contributed by atoms with Crippen LogP contribution in [-0.4, -0.2) is 24.4 Å². The monoisotopic (exact) mass is 311 g/mol. The summed E-state index contributed by atoms with van der Waals surface area (Å²) in [7, 11) is 3.25. The molecule has 23 heavy (non-hydrogen) atoms. The SMILES string of the molecule is COc1ccc(NCc2nnc(-c3ccccc3OC)o2)cc1. The molecule has 6 heteroatoms. The van der Waals surface area contributed by atoms with Gasteiger partial charge in [0.1, 0.15) is 11.5 Å². The first kappa shape index (κ1) is 14.9. The predicted octanol–water partition coefficient (Wildman–Crippen LogP) is 3.37. The largest absolute Gasteiger partial charge is 0.497 e. The van der Waals surface area contributed by atoms with Gasteiger partial charge in [-0.2, -0.15) is 0 Å². The molecule has 0 unspecified atom stereocenters. The molecule has 0 saturated carbocycles. The topological polar surface area (TPSA) is 69.4 Å². The van der Waals surface area contributed by atoms with Crippen molar-refractivity contribution >= 4 is 5.69 Å². The lowest BCUT2D eigenvalue weighted by Crippen LogP contribution is -1.99. The molecule has 2 aromatic carbocycles. The lowest BCUT2D eigenvalue weighted by atomic mass is 10.2. The number of nitrogens with one attached hydrogen (secondary N) is 1. The molecule has 1 aromatic heterocycles. The van der Waals surface area contributed by atoms with Crippen molar-refractivity contribution in [3.63, 3.8) is 0 Å². The van der Waals surface area contributed by atoms with Crippen molar-refractivity contribution < 1.29 is 13.9 Å². The van der Waals surface area contributed by atoms with Crippen LogP contribution in [0.3, 0.4) is 0 Å². The van der Waals surface area contributed by atoms with E-state index >= 15 is 0 Å². The average molecular weight is 311 g/mol. The van der Waals surface area contributed by atoms with Crippen LogP contribution in [0.15, 0.2) is 52.9 Å². The molecular formula is C17H17N3O3. The van der Waals surface area contributed by atoms with E-state index in [1.165, 1.54) is 0 Å². The summed E-state index contributed by atoms with van der Waals surface area (Å²) in [5.41, 5.74) is 1.72. The Morgan fingerprint density at radius 1 is 0.957 bits per heavy atom. The maximum atomic E-state index is 5.69. The van der Waals surface area contributed by atoms with Gasteiger partial charge in [0.25, 0.3) is 5.89 Å². The lowest BCUT2D eigenvalue weighted by Gasteiger charge is -2.05. The third-order valence-corrected chi connectivity index (χ3v) is 3.34. The molecule has 0 saturated heterocycles. The van der Waals surface area contributed by atoms with E-state index in [0.717, 1.165) is 17.0 Å². The van der Waals surface area contributed by atoms with Crippen LogP contribution in [0.4, 0.5) is 5.69 Å². The second kappa shape index (κ2) is 6.83. The highest BCUT2D eigenvalue weighted by Gasteiger charge is 2.12. The molecule has 6 nitrogen and oxygen atoms in total. The summed E-state index contributed by atoms with van der Waals surface area (Å²) in [6.45, 7) is 0.439. The molecule has 118 valence electrons. The molecular weight excluding hydrogens is 294 g/mol. The molecule has 0 aliphatic rings. The van der Waals surface area contributed by atoms with Crippen LogP contribution in [0.2, 0.25) is 0 Å². The van der Waals surface area contributed by atoms with Crippen LogP contribution in [0, 0.1) is 0 Å². The van der Waals surface area contributed by atoms with Gasteiger partial charge in [-0.25, -0.2) is 0 Å². The van der Waals surface area contributed by atoms with Crippen molar-refractivity contribution in [1.82, 2.24) is 10.2 Å². The van der Waals surface area contributed by atoms with Gasteiger partial charge in [-0.3, -0.25) is 0 Å². The number of methoxy groups -OCH3 is 2. The van der Waals surface area contributed by atoms with Crippen molar-refractivity contribution in [3.05, 3.63) is 54.4 Å². The molecule has 3 rings (SSSR count). The summed E-state index contributed by atoms with van der Waals surface area (Å²) < 4.78 is 16.1. The van der Waals surface area contributed by atoms with Crippen LogP contribution in [0.25, 0.3) is 11.5 Å². The Balaban J connectivity index is 1.69. The number of hydrogen-bond acceptors (Lipinski definition) is 6. The third kappa shape index (κ3) is 3.42. The number of hydrogen-bond donors (Lipinski definition) is 1. The van der Waals surface area contributed by atoms with E-state index in [2.05, 4.69) is 15.5 Å². The fraction of sp³-hybridized carbons (Fsp3) is 0.176. The lowest BCUT2D eigenvalue weighted by molar-refractivity contribution is 0.413. The van der Waals surface area contributed by atoms with Crippen molar-refractivity contribution in [2.45, 2.75) is 6.54 Å².